The maximum Gasteiger partial charge on any atom is 0.408 e. The highest BCUT2D eigenvalue weighted by Crippen LogP contribution is 2.22. The second-order valence-corrected chi connectivity index (χ2v) is 6.53. The fourth-order valence-electron chi connectivity index (χ4n) is 1.74. The lowest BCUT2D eigenvalue weighted by molar-refractivity contribution is -0.117. The summed E-state index contributed by atoms with van der Waals surface area (Å²) in [5.41, 5.74) is 0.875. The van der Waals surface area contributed by atoms with Crippen LogP contribution in [0.2, 0.25) is 0 Å². The zero-order valence-corrected chi connectivity index (χ0v) is 14.6. The number of amides is 2. The molecule has 0 saturated heterocycles. The monoisotopic (exact) mass is 348 g/mol. The summed E-state index contributed by atoms with van der Waals surface area (Å²) in [5.74, 6) is -0.130. The van der Waals surface area contributed by atoms with Crippen LogP contribution in [0.5, 0.6) is 0 Å². The number of hydrogen-bond donors (Lipinski definition) is 2. The Balaban J connectivity index is 1.78. The van der Waals surface area contributed by atoms with Crippen molar-refractivity contribution in [2.75, 3.05) is 5.32 Å². The number of carbonyl (C=O) groups is 2. The van der Waals surface area contributed by atoms with Crippen LogP contribution >= 0.6 is 11.3 Å². The summed E-state index contributed by atoms with van der Waals surface area (Å²) < 4.78 is 5.08. The molecule has 2 rings (SSSR count). The average molecular weight is 348 g/mol. The predicted octanol–water partition coefficient (Wildman–Crippen LogP) is 2.91. The van der Waals surface area contributed by atoms with E-state index in [0.29, 0.717) is 5.13 Å². The Morgan fingerprint density at radius 2 is 1.88 bits per heavy atom. The first-order chi connectivity index (χ1) is 11.5. The summed E-state index contributed by atoms with van der Waals surface area (Å²) in [5, 5.41) is 14.3. The van der Waals surface area contributed by atoms with Crippen molar-refractivity contribution in [1.82, 2.24) is 15.5 Å². The van der Waals surface area contributed by atoms with Crippen molar-refractivity contribution in [2.24, 2.45) is 0 Å². The van der Waals surface area contributed by atoms with Crippen LogP contribution in [0.3, 0.4) is 0 Å². The molecule has 1 atom stereocenters. The summed E-state index contributed by atoms with van der Waals surface area (Å²) >= 11 is 1.32. The van der Waals surface area contributed by atoms with E-state index in [1.807, 2.05) is 44.2 Å². The average Bonchev–Trinajstić information content (AvgIpc) is 3.02. The van der Waals surface area contributed by atoms with Gasteiger partial charge in [0.1, 0.15) is 17.7 Å². The quantitative estimate of drug-likeness (QED) is 0.837. The molecule has 0 aliphatic rings. The molecule has 0 aliphatic carbocycles. The molecule has 1 aromatic carbocycles. The van der Waals surface area contributed by atoms with Crippen LogP contribution in [-0.2, 0) is 16.1 Å². The van der Waals surface area contributed by atoms with Crippen molar-refractivity contribution >= 4 is 28.5 Å². The minimum atomic E-state index is -0.750. The topological polar surface area (TPSA) is 93.2 Å². The van der Waals surface area contributed by atoms with Gasteiger partial charge in [0.2, 0.25) is 11.0 Å². The number of nitrogens with zero attached hydrogens (tertiary/aromatic N) is 2. The molecule has 2 amide bonds. The first-order valence-corrected chi connectivity index (χ1v) is 8.39. The summed E-state index contributed by atoms with van der Waals surface area (Å²) in [7, 11) is 0. The van der Waals surface area contributed by atoms with E-state index in [0.717, 1.165) is 10.6 Å². The first kappa shape index (κ1) is 17.9. The van der Waals surface area contributed by atoms with Crippen LogP contribution in [0.15, 0.2) is 30.3 Å². The minimum absolute atomic E-state index is 0.148. The van der Waals surface area contributed by atoms with Crippen molar-refractivity contribution in [1.29, 1.82) is 0 Å². The number of anilines is 1. The highest BCUT2D eigenvalue weighted by atomic mass is 32.1. The Labute approximate surface area is 144 Å². The largest absolute Gasteiger partial charge is 0.445 e. The maximum atomic E-state index is 12.1. The molecule has 0 unspecified atom stereocenters. The van der Waals surface area contributed by atoms with Gasteiger partial charge >= 0.3 is 6.09 Å². The fourth-order valence-corrected chi connectivity index (χ4v) is 2.49. The molecular weight excluding hydrogens is 328 g/mol. The summed E-state index contributed by atoms with van der Waals surface area (Å²) in [6, 6.07) is 8.56. The molecular formula is C16H20N4O3S. The van der Waals surface area contributed by atoms with Crippen molar-refractivity contribution in [3.63, 3.8) is 0 Å². The first-order valence-electron chi connectivity index (χ1n) is 7.57. The molecule has 2 N–H and O–H groups in total. The number of nitrogens with one attached hydrogen (secondary N) is 2. The lowest BCUT2D eigenvalue weighted by Gasteiger charge is -2.13. The van der Waals surface area contributed by atoms with Crippen LogP contribution in [0, 0.1) is 0 Å². The second-order valence-electron chi connectivity index (χ2n) is 5.52. The molecule has 0 saturated carbocycles. The molecule has 0 radical (unpaired) electrons. The lowest BCUT2D eigenvalue weighted by Crippen LogP contribution is -2.41. The SMILES string of the molecule is CC(C)c1nnc(NC(=O)[C@H](C)NC(=O)OCc2ccccc2)s1. The van der Waals surface area contributed by atoms with Crippen LogP contribution in [-0.4, -0.2) is 28.2 Å². The molecule has 128 valence electrons. The van der Waals surface area contributed by atoms with Crippen molar-refractivity contribution < 1.29 is 14.3 Å². The molecule has 8 heteroatoms. The van der Waals surface area contributed by atoms with Gasteiger partial charge in [0.15, 0.2) is 0 Å². The Morgan fingerprint density at radius 1 is 1.17 bits per heavy atom. The fraction of sp³-hybridized carbons (Fsp3) is 0.375. The molecule has 0 spiro atoms. The maximum absolute atomic E-state index is 12.1. The normalized spacial score (nSPS) is 11.8. The Bertz CT molecular complexity index is 688. The Kier molecular flexibility index (Phi) is 6.25. The van der Waals surface area contributed by atoms with E-state index >= 15 is 0 Å². The number of aromatic nitrogens is 2. The van der Waals surface area contributed by atoms with Crippen molar-refractivity contribution in [2.45, 2.75) is 39.3 Å². The zero-order chi connectivity index (χ0) is 17.5. The zero-order valence-electron chi connectivity index (χ0n) is 13.8. The molecule has 0 bridgehead atoms. The van der Waals surface area contributed by atoms with Crippen LogP contribution < -0.4 is 10.6 Å². The van der Waals surface area contributed by atoms with E-state index in [-0.39, 0.29) is 18.4 Å². The molecule has 24 heavy (non-hydrogen) atoms. The highest BCUT2D eigenvalue weighted by Gasteiger charge is 2.18. The third kappa shape index (κ3) is 5.31. The van der Waals surface area contributed by atoms with Gasteiger partial charge in [-0.2, -0.15) is 0 Å². The third-order valence-corrected chi connectivity index (χ3v) is 4.24. The summed E-state index contributed by atoms with van der Waals surface area (Å²) in [6.07, 6.45) is -0.651. The Morgan fingerprint density at radius 3 is 2.50 bits per heavy atom. The number of benzene rings is 1. The lowest BCUT2D eigenvalue weighted by atomic mass is 10.2. The van der Waals surface area contributed by atoms with Gasteiger partial charge < -0.3 is 10.1 Å². The van der Waals surface area contributed by atoms with Gasteiger partial charge in [0.05, 0.1) is 0 Å². The third-order valence-electron chi connectivity index (χ3n) is 3.11. The molecule has 0 aliphatic heterocycles. The predicted molar refractivity (Wildman–Crippen MR) is 91.9 cm³/mol. The van der Waals surface area contributed by atoms with Crippen molar-refractivity contribution in [3.8, 4) is 0 Å². The van der Waals surface area contributed by atoms with Crippen LogP contribution in [0.1, 0.15) is 37.3 Å². The van der Waals surface area contributed by atoms with E-state index in [4.69, 9.17) is 4.74 Å². The molecule has 7 nitrogen and oxygen atoms in total. The van der Waals surface area contributed by atoms with Gasteiger partial charge in [-0.3, -0.25) is 10.1 Å². The number of hydrogen-bond acceptors (Lipinski definition) is 6. The number of alkyl carbamates (subject to hydrolysis) is 1. The van der Waals surface area contributed by atoms with E-state index in [2.05, 4.69) is 20.8 Å². The summed E-state index contributed by atoms with van der Waals surface area (Å²) in [6.45, 7) is 5.72. The van der Waals surface area contributed by atoms with Crippen LogP contribution in [0.25, 0.3) is 0 Å². The Hall–Kier alpha value is -2.48. The van der Waals surface area contributed by atoms with E-state index < -0.39 is 12.1 Å². The summed E-state index contributed by atoms with van der Waals surface area (Å²) in [4.78, 5) is 23.8. The molecule has 0 fully saturated rings. The highest BCUT2D eigenvalue weighted by molar-refractivity contribution is 7.15. The van der Waals surface area contributed by atoms with E-state index in [1.165, 1.54) is 11.3 Å². The van der Waals surface area contributed by atoms with E-state index in [9.17, 15) is 9.59 Å². The smallest absolute Gasteiger partial charge is 0.408 e. The molecule has 1 heterocycles. The van der Waals surface area contributed by atoms with Gasteiger partial charge in [-0.15, -0.1) is 10.2 Å². The van der Waals surface area contributed by atoms with Crippen LogP contribution in [0.4, 0.5) is 9.93 Å². The van der Waals surface area contributed by atoms with Gasteiger partial charge in [-0.25, -0.2) is 4.79 Å². The van der Waals surface area contributed by atoms with Gasteiger partial charge in [-0.1, -0.05) is 55.5 Å². The van der Waals surface area contributed by atoms with Gasteiger partial charge in [-0.05, 0) is 12.5 Å². The number of carbonyl (C=O) groups excluding carboxylic acids is 2. The number of ether oxygens (including phenoxy) is 1. The second kappa shape index (κ2) is 8.39. The van der Waals surface area contributed by atoms with Crippen molar-refractivity contribution in [3.05, 3.63) is 40.9 Å². The van der Waals surface area contributed by atoms with Gasteiger partial charge in [0.25, 0.3) is 0 Å². The number of rotatable bonds is 6. The molecule has 2 aromatic rings. The standard InChI is InChI=1S/C16H20N4O3S/c1-10(2)14-19-20-15(24-14)18-13(21)11(3)17-16(22)23-9-12-7-5-4-6-8-12/h4-8,10-11H,9H2,1-3H3,(H,17,22)(H,18,20,21)/t11-/m0/s1. The van der Waals surface area contributed by atoms with E-state index in [1.54, 1.807) is 6.92 Å². The molecule has 1 aromatic heterocycles. The van der Waals surface area contributed by atoms with Gasteiger partial charge in [0, 0.05) is 5.92 Å². The minimum Gasteiger partial charge on any atom is -0.445 e.